The maximum Gasteiger partial charge on any atom is 0.0453 e. The van der Waals surface area contributed by atoms with Crippen molar-refractivity contribution in [2.24, 2.45) is 0 Å². The molecule has 0 radical (unpaired) electrons. The van der Waals surface area contributed by atoms with Gasteiger partial charge in [-0.05, 0) is 43.7 Å². The minimum absolute atomic E-state index is 0.401. The van der Waals surface area contributed by atoms with Crippen LogP contribution in [0.25, 0.3) is 0 Å². The van der Waals surface area contributed by atoms with Crippen molar-refractivity contribution in [1.29, 1.82) is 0 Å². The Labute approximate surface area is 130 Å². The smallest absolute Gasteiger partial charge is 0.0453 e. The second-order valence-corrected chi connectivity index (χ2v) is 5.95. The average molecular weight is 308 g/mol. The zero-order valence-electron chi connectivity index (χ0n) is 11.8. The predicted octanol–water partition coefficient (Wildman–Crippen LogP) is 4.85. The number of nitrogens with one attached hydrogen (secondary N) is 1. The Balaban J connectivity index is 2.25. The molecule has 0 saturated heterocycles. The monoisotopic (exact) mass is 307 g/mol. The van der Waals surface area contributed by atoms with E-state index in [0.29, 0.717) is 10.9 Å². The molecule has 0 saturated carbocycles. The molecule has 0 aliphatic carbocycles. The minimum atomic E-state index is 0.401. The Hall–Kier alpha value is -1.02. The van der Waals surface area contributed by atoms with E-state index in [9.17, 15) is 0 Å². The van der Waals surface area contributed by atoms with Crippen LogP contribution in [0.5, 0.6) is 0 Å². The van der Waals surface area contributed by atoms with E-state index in [1.807, 2.05) is 25.2 Å². The lowest BCUT2D eigenvalue weighted by molar-refractivity contribution is 0.625. The first-order valence-electron chi connectivity index (χ1n) is 6.75. The number of benzene rings is 2. The third-order valence-electron chi connectivity index (χ3n) is 3.45. The number of hydrogen-bond donors (Lipinski definition) is 1. The Bertz CT molecular complexity index is 581. The topological polar surface area (TPSA) is 12.0 Å². The Kier molecular flexibility index (Phi) is 5.47. The van der Waals surface area contributed by atoms with E-state index in [2.05, 4.69) is 36.5 Å². The van der Waals surface area contributed by atoms with Gasteiger partial charge in [0.1, 0.15) is 0 Å². The molecule has 1 N–H and O–H groups in total. The van der Waals surface area contributed by atoms with Crippen molar-refractivity contribution in [1.82, 2.24) is 5.32 Å². The molecule has 0 fully saturated rings. The summed E-state index contributed by atoms with van der Waals surface area (Å²) in [5.74, 6) is 0.401. The van der Waals surface area contributed by atoms with Crippen LogP contribution in [0.4, 0.5) is 0 Å². The van der Waals surface area contributed by atoms with Gasteiger partial charge in [-0.3, -0.25) is 0 Å². The highest BCUT2D eigenvalue weighted by atomic mass is 35.5. The fraction of sp³-hybridized carbons (Fsp3) is 0.294. The average Bonchev–Trinajstić information content (AvgIpc) is 2.41. The van der Waals surface area contributed by atoms with Crippen molar-refractivity contribution in [2.45, 2.75) is 19.3 Å². The molecule has 2 aromatic rings. The van der Waals surface area contributed by atoms with Crippen LogP contribution in [0.3, 0.4) is 0 Å². The van der Waals surface area contributed by atoms with Gasteiger partial charge in [0.25, 0.3) is 0 Å². The fourth-order valence-electron chi connectivity index (χ4n) is 2.43. The Morgan fingerprint density at radius 1 is 1.10 bits per heavy atom. The third kappa shape index (κ3) is 3.99. The maximum atomic E-state index is 6.29. The van der Waals surface area contributed by atoms with E-state index < -0.39 is 0 Å². The molecule has 106 valence electrons. The molecule has 1 nitrogen and oxygen atoms in total. The van der Waals surface area contributed by atoms with Crippen LogP contribution in [0.15, 0.2) is 42.5 Å². The van der Waals surface area contributed by atoms with E-state index in [1.54, 1.807) is 0 Å². The highest BCUT2D eigenvalue weighted by molar-refractivity contribution is 6.35. The quantitative estimate of drug-likeness (QED) is 0.833. The van der Waals surface area contributed by atoms with Crippen LogP contribution in [0.2, 0.25) is 10.0 Å². The summed E-state index contributed by atoms with van der Waals surface area (Å²) < 4.78 is 0. The van der Waals surface area contributed by atoms with E-state index in [0.717, 1.165) is 23.6 Å². The van der Waals surface area contributed by atoms with E-state index in [-0.39, 0.29) is 0 Å². The summed E-state index contributed by atoms with van der Waals surface area (Å²) in [7, 11) is 1.98. The van der Waals surface area contributed by atoms with E-state index >= 15 is 0 Å². The second kappa shape index (κ2) is 7.12. The van der Waals surface area contributed by atoms with Gasteiger partial charge in [0.15, 0.2) is 0 Å². The minimum Gasteiger partial charge on any atom is -0.319 e. The van der Waals surface area contributed by atoms with Gasteiger partial charge in [-0.2, -0.15) is 0 Å². The first kappa shape index (κ1) is 15.4. The zero-order chi connectivity index (χ0) is 14.5. The second-order valence-electron chi connectivity index (χ2n) is 5.11. The van der Waals surface area contributed by atoms with E-state index in [1.165, 1.54) is 11.1 Å². The molecule has 0 aromatic heterocycles. The van der Waals surface area contributed by atoms with Gasteiger partial charge < -0.3 is 5.32 Å². The van der Waals surface area contributed by atoms with Crippen LogP contribution >= 0.6 is 23.2 Å². The SMILES string of the molecule is CNCC(Cc1ccc(Cl)cc1Cl)c1cccc(C)c1. The maximum absolute atomic E-state index is 6.29. The number of halogens is 2. The Morgan fingerprint density at radius 3 is 2.55 bits per heavy atom. The molecule has 1 unspecified atom stereocenters. The molecule has 2 aromatic carbocycles. The lowest BCUT2D eigenvalue weighted by atomic mass is 9.91. The van der Waals surface area contributed by atoms with Crippen LogP contribution in [-0.2, 0) is 6.42 Å². The van der Waals surface area contributed by atoms with Gasteiger partial charge in [0, 0.05) is 22.5 Å². The van der Waals surface area contributed by atoms with Gasteiger partial charge in [-0.1, -0.05) is 59.1 Å². The summed E-state index contributed by atoms with van der Waals surface area (Å²) in [5, 5.41) is 4.69. The van der Waals surface area contributed by atoms with Crippen LogP contribution in [0, 0.1) is 6.92 Å². The summed E-state index contributed by atoms with van der Waals surface area (Å²) in [6, 6.07) is 14.4. The molecule has 0 aliphatic heterocycles. The van der Waals surface area contributed by atoms with Crippen molar-refractivity contribution in [3.63, 3.8) is 0 Å². The molecule has 3 heteroatoms. The number of rotatable bonds is 5. The van der Waals surface area contributed by atoms with Gasteiger partial charge in [-0.25, -0.2) is 0 Å². The largest absolute Gasteiger partial charge is 0.319 e. The first-order valence-corrected chi connectivity index (χ1v) is 7.51. The summed E-state index contributed by atoms with van der Waals surface area (Å²) in [6.07, 6.45) is 0.903. The van der Waals surface area contributed by atoms with Gasteiger partial charge in [0.05, 0.1) is 0 Å². The lowest BCUT2D eigenvalue weighted by Crippen LogP contribution is -2.19. The molecule has 0 spiro atoms. The summed E-state index contributed by atoms with van der Waals surface area (Å²) >= 11 is 12.2. The van der Waals surface area contributed by atoms with Gasteiger partial charge >= 0.3 is 0 Å². The molecule has 0 heterocycles. The van der Waals surface area contributed by atoms with Gasteiger partial charge in [-0.15, -0.1) is 0 Å². The molecule has 1 atom stereocenters. The predicted molar refractivity (Wildman–Crippen MR) is 88.0 cm³/mol. The van der Waals surface area contributed by atoms with Crippen LogP contribution < -0.4 is 5.32 Å². The van der Waals surface area contributed by atoms with Crippen molar-refractivity contribution < 1.29 is 0 Å². The normalized spacial score (nSPS) is 12.4. The molecule has 0 aliphatic rings. The van der Waals surface area contributed by atoms with Crippen molar-refractivity contribution in [3.05, 3.63) is 69.2 Å². The van der Waals surface area contributed by atoms with Crippen molar-refractivity contribution in [3.8, 4) is 0 Å². The third-order valence-corrected chi connectivity index (χ3v) is 4.03. The molecule has 2 rings (SSSR count). The number of likely N-dealkylation sites (N-methyl/N-ethyl adjacent to an activating group) is 1. The number of aryl methyl sites for hydroxylation is 1. The summed E-state index contributed by atoms with van der Waals surface area (Å²) in [5.41, 5.74) is 3.76. The first-order chi connectivity index (χ1) is 9.60. The highest BCUT2D eigenvalue weighted by Crippen LogP contribution is 2.27. The molecule has 0 amide bonds. The molecule has 0 bridgehead atoms. The zero-order valence-corrected chi connectivity index (χ0v) is 13.3. The molecular weight excluding hydrogens is 289 g/mol. The van der Waals surface area contributed by atoms with Crippen molar-refractivity contribution in [2.75, 3.05) is 13.6 Å². The Morgan fingerprint density at radius 2 is 1.90 bits per heavy atom. The van der Waals surface area contributed by atoms with E-state index in [4.69, 9.17) is 23.2 Å². The highest BCUT2D eigenvalue weighted by Gasteiger charge is 2.14. The molecule has 20 heavy (non-hydrogen) atoms. The summed E-state index contributed by atoms with van der Waals surface area (Å²) in [4.78, 5) is 0. The fourth-order valence-corrected chi connectivity index (χ4v) is 2.92. The lowest BCUT2D eigenvalue weighted by Gasteiger charge is -2.18. The van der Waals surface area contributed by atoms with Crippen LogP contribution in [0.1, 0.15) is 22.6 Å². The molecular formula is C17H19Cl2N. The van der Waals surface area contributed by atoms with Gasteiger partial charge in [0.2, 0.25) is 0 Å². The standard InChI is InChI=1S/C17H19Cl2N/c1-12-4-3-5-13(8-12)15(11-20-2)9-14-6-7-16(18)10-17(14)19/h3-8,10,15,20H,9,11H2,1-2H3. The number of hydrogen-bond acceptors (Lipinski definition) is 1. The van der Waals surface area contributed by atoms with Crippen LogP contribution in [-0.4, -0.2) is 13.6 Å². The van der Waals surface area contributed by atoms with Crippen molar-refractivity contribution >= 4 is 23.2 Å². The summed E-state index contributed by atoms with van der Waals surface area (Å²) in [6.45, 7) is 3.04.